The molecule has 134 valence electrons. The minimum atomic E-state index is -0.907. The molecule has 2 rings (SSSR count). The van der Waals surface area contributed by atoms with Crippen LogP contribution in [0.4, 0.5) is 16.2 Å². The molecule has 0 radical (unpaired) electrons. The molecule has 1 fully saturated rings. The number of piperidine rings is 1. The predicted octanol–water partition coefficient (Wildman–Crippen LogP) is 3.61. The maximum Gasteiger partial charge on any atom is 0.321 e. The molecule has 0 spiro atoms. The van der Waals surface area contributed by atoms with Gasteiger partial charge in [-0.05, 0) is 70.7 Å². The number of hydrogen-bond donors (Lipinski definition) is 2. The third-order valence-electron chi connectivity index (χ3n) is 4.56. The fraction of sp³-hybridized carbons (Fsp3) is 0.632. The third-order valence-corrected chi connectivity index (χ3v) is 4.56. The highest BCUT2D eigenvalue weighted by atomic mass is 16.3. The number of urea groups is 1. The number of carbonyl (C=O) groups excluding carboxylic acids is 1. The lowest BCUT2D eigenvalue weighted by Crippen LogP contribution is -2.41. The maximum atomic E-state index is 12.3. The van der Waals surface area contributed by atoms with E-state index in [0.29, 0.717) is 6.04 Å². The Morgan fingerprint density at radius 3 is 2.71 bits per heavy atom. The molecule has 0 bridgehead atoms. The van der Waals surface area contributed by atoms with Gasteiger partial charge in [-0.15, -0.1) is 0 Å². The Morgan fingerprint density at radius 1 is 1.42 bits per heavy atom. The molecule has 2 N–H and O–H groups in total. The number of aliphatic hydroxyl groups is 1. The van der Waals surface area contributed by atoms with Crippen molar-refractivity contribution in [1.82, 2.24) is 4.90 Å². The first-order chi connectivity index (χ1) is 11.2. The van der Waals surface area contributed by atoms with Crippen LogP contribution in [0.2, 0.25) is 0 Å². The van der Waals surface area contributed by atoms with Gasteiger partial charge in [-0.25, -0.2) is 4.79 Å². The Bertz CT molecular complexity index is 580. The van der Waals surface area contributed by atoms with Gasteiger partial charge in [0.05, 0.1) is 12.1 Å². The zero-order valence-electron chi connectivity index (χ0n) is 15.6. The van der Waals surface area contributed by atoms with Crippen molar-refractivity contribution >= 4 is 17.4 Å². The molecular weight excluding hydrogens is 302 g/mol. The van der Waals surface area contributed by atoms with E-state index in [1.54, 1.807) is 20.9 Å². The summed E-state index contributed by atoms with van der Waals surface area (Å²) >= 11 is 0. The number of nitrogens with zero attached hydrogens (tertiary/aromatic N) is 2. The molecule has 5 nitrogen and oxygen atoms in total. The van der Waals surface area contributed by atoms with Gasteiger partial charge in [0, 0.05) is 31.0 Å². The van der Waals surface area contributed by atoms with Gasteiger partial charge in [-0.1, -0.05) is 0 Å². The van der Waals surface area contributed by atoms with E-state index in [-0.39, 0.29) is 12.6 Å². The van der Waals surface area contributed by atoms with Crippen LogP contribution in [0.1, 0.15) is 45.6 Å². The molecule has 0 aliphatic carbocycles. The lowest BCUT2D eigenvalue weighted by molar-refractivity contribution is 0.0550. The van der Waals surface area contributed by atoms with Crippen LogP contribution in [0.5, 0.6) is 0 Å². The standard InChI is InChI=1S/C19H31N3O2/c1-14-12-16(22-11-7-6-8-15(22)2)9-10-17(14)20-18(23)21(5)13-19(3,4)24/h9-10,12,15,24H,6-8,11,13H2,1-5H3,(H,20,23). The zero-order chi connectivity index (χ0) is 17.9. The summed E-state index contributed by atoms with van der Waals surface area (Å²) in [6.45, 7) is 9.05. The van der Waals surface area contributed by atoms with Crippen molar-refractivity contribution in [2.24, 2.45) is 0 Å². The molecule has 1 unspecified atom stereocenters. The average Bonchev–Trinajstić information content (AvgIpc) is 2.48. The van der Waals surface area contributed by atoms with E-state index in [0.717, 1.165) is 17.8 Å². The van der Waals surface area contributed by atoms with Crippen molar-refractivity contribution in [2.45, 2.75) is 58.6 Å². The van der Waals surface area contributed by atoms with Crippen molar-refractivity contribution in [3.8, 4) is 0 Å². The van der Waals surface area contributed by atoms with Crippen LogP contribution >= 0.6 is 0 Å². The highest BCUT2D eigenvalue weighted by molar-refractivity contribution is 5.90. The molecule has 1 saturated heterocycles. The highest BCUT2D eigenvalue weighted by Gasteiger charge is 2.21. The van der Waals surface area contributed by atoms with Gasteiger partial charge >= 0.3 is 6.03 Å². The Labute approximate surface area is 145 Å². The van der Waals surface area contributed by atoms with E-state index < -0.39 is 5.60 Å². The smallest absolute Gasteiger partial charge is 0.321 e. The molecule has 0 aromatic heterocycles. The van der Waals surface area contributed by atoms with Crippen molar-refractivity contribution in [3.63, 3.8) is 0 Å². The second kappa shape index (κ2) is 7.43. The fourth-order valence-corrected chi connectivity index (χ4v) is 3.31. The van der Waals surface area contributed by atoms with Gasteiger partial charge in [-0.2, -0.15) is 0 Å². The lowest BCUT2D eigenvalue weighted by atomic mass is 10.0. The summed E-state index contributed by atoms with van der Waals surface area (Å²) in [4.78, 5) is 16.2. The largest absolute Gasteiger partial charge is 0.389 e. The summed E-state index contributed by atoms with van der Waals surface area (Å²) in [5.74, 6) is 0. The lowest BCUT2D eigenvalue weighted by Gasteiger charge is -2.35. The Balaban J connectivity index is 2.05. The summed E-state index contributed by atoms with van der Waals surface area (Å²) in [5.41, 5.74) is 2.18. The monoisotopic (exact) mass is 333 g/mol. The molecule has 1 aromatic rings. The fourth-order valence-electron chi connectivity index (χ4n) is 3.31. The van der Waals surface area contributed by atoms with Crippen LogP contribution in [0, 0.1) is 6.92 Å². The van der Waals surface area contributed by atoms with Gasteiger partial charge in [0.25, 0.3) is 0 Å². The summed E-state index contributed by atoms with van der Waals surface area (Å²) in [6.07, 6.45) is 3.78. The number of anilines is 2. The SMILES string of the molecule is Cc1cc(N2CCCCC2C)ccc1NC(=O)N(C)CC(C)(C)O. The van der Waals surface area contributed by atoms with Crippen LogP contribution < -0.4 is 10.2 Å². The van der Waals surface area contributed by atoms with E-state index in [4.69, 9.17) is 0 Å². The number of aryl methyl sites for hydroxylation is 1. The second-order valence-electron chi connectivity index (χ2n) is 7.64. The van der Waals surface area contributed by atoms with E-state index in [1.807, 2.05) is 13.0 Å². The first-order valence-corrected chi connectivity index (χ1v) is 8.79. The average molecular weight is 333 g/mol. The normalized spacial score (nSPS) is 18.4. The summed E-state index contributed by atoms with van der Waals surface area (Å²) in [5, 5.41) is 12.8. The number of likely N-dealkylation sites (N-methyl/N-ethyl adjacent to an activating group) is 1. The number of carbonyl (C=O) groups is 1. The molecule has 1 heterocycles. The minimum absolute atomic E-state index is 0.209. The molecule has 0 saturated carbocycles. The Morgan fingerprint density at radius 2 is 2.12 bits per heavy atom. The number of hydrogen-bond acceptors (Lipinski definition) is 3. The number of benzene rings is 1. The molecule has 5 heteroatoms. The number of rotatable bonds is 4. The summed E-state index contributed by atoms with van der Waals surface area (Å²) < 4.78 is 0. The van der Waals surface area contributed by atoms with Gasteiger partial charge in [0.2, 0.25) is 0 Å². The Kier molecular flexibility index (Phi) is 5.75. The first kappa shape index (κ1) is 18.6. The molecule has 1 aliphatic heterocycles. The second-order valence-corrected chi connectivity index (χ2v) is 7.64. The topological polar surface area (TPSA) is 55.8 Å². The van der Waals surface area contributed by atoms with Crippen LogP contribution in [-0.4, -0.2) is 47.8 Å². The molecule has 24 heavy (non-hydrogen) atoms. The summed E-state index contributed by atoms with van der Waals surface area (Å²) in [7, 11) is 1.69. The van der Waals surface area contributed by atoms with E-state index >= 15 is 0 Å². The van der Waals surface area contributed by atoms with Crippen LogP contribution in [0.25, 0.3) is 0 Å². The van der Waals surface area contributed by atoms with E-state index in [1.165, 1.54) is 29.8 Å². The first-order valence-electron chi connectivity index (χ1n) is 8.79. The van der Waals surface area contributed by atoms with Gasteiger partial charge in [0.1, 0.15) is 0 Å². The molecule has 2 amide bonds. The van der Waals surface area contributed by atoms with Gasteiger partial charge < -0.3 is 20.2 Å². The summed E-state index contributed by atoms with van der Waals surface area (Å²) in [6, 6.07) is 6.56. The predicted molar refractivity (Wildman–Crippen MR) is 99.8 cm³/mol. The highest BCUT2D eigenvalue weighted by Crippen LogP contribution is 2.28. The van der Waals surface area contributed by atoms with Crippen molar-refractivity contribution < 1.29 is 9.90 Å². The molecule has 1 aliphatic rings. The number of nitrogens with one attached hydrogen (secondary N) is 1. The van der Waals surface area contributed by atoms with Gasteiger partial charge in [0.15, 0.2) is 0 Å². The Hall–Kier alpha value is -1.75. The van der Waals surface area contributed by atoms with Crippen LogP contribution in [0.15, 0.2) is 18.2 Å². The molecule has 1 aromatic carbocycles. The zero-order valence-corrected chi connectivity index (χ0v) is 15.6. The van der Waals surface area contributed by atoms with Crippen molar-refractivity contribution in [1.29, 1.82) is 0 Å². The van der Waals surface area contributed by atoms with Crippen molar-refractivity contribution in [2.75, 3.05) is 30.4 Å². The van der Waals surface area contributed by atoms with E-state index in [9.17, 15) is 9.90 Å². The van der Waals surface area contributed by atoms with Gasteiger partial charge in [-0.3, -0.25) is 0 Å². The van der Waals surface area contributed by atoms with Crippen LogP contribution in [0.3, 0.4) is 0 Å². The van der Waals surface area contributed by atoms with E-state index in [2.05, 4.69) is 29.3 Å². The molecule has 1 atom stereocenters. The third kappa shape index (κ3) is 4.87. The van der Waals surface area contributed by atoms with Crippen molar-refractivity contribution in [3.05, 3.63) is 23.8 Å². The maximum absolute atomic E-state index is 12.3. The molecular formula is C19H31N3O2. The van der Waals surface area contributed by atoms with Crippen LogP contribution in [-0.2, 0) is 0 Å². The number of amides is 2. The minimum Gasteiger partial charge on any atom is -0.389 e. The quantitative estimate of drug-likeness (QED) is 0.885.